The maximum absolute atomic E-state index is 13.5. The van der Waals surface area contributed by atoms with E-state index in [1.165, 1.54) is 0 Å². The van der Waals surface area contributed by atoms with Gasteiger partial charge in [0.25, 0.3) is 5.56 Å². The zero-order valence-electron chi connectivity index (χ0n) is 20.5. The van der Waals surface area contributed by atoms with Gasteiger partial charge in [0.15, 0.2) is 0 Å². The highest BCUT2D eigenvalue weighted by atomic mass is 16.5. The Morgan fingerprint density at radius 2 is 1.97 bits per heavy atom. The van der Waals surface area contributed by atoms with Crippen molar-refractivity contribution in [1.29, 1.82) is 0 Å². The van der Waals surface area contributed by atoms with E-state index in [4.69, 9.17) is 14.5 Å². The van der Waals surface area contributed by atoms with Gasteiger partial charge in [0, 0.05) is 49.6 Å². The molecule has 0 bridgehead atoms. The Hall–Kier alpha value is -3.62. The summed E-state index contributed by atoms with van der Waals surface area (Å²) >= 11 is 0. The number of methoxy groups -OCH3 is 1. The van der Waals surface area contributed by atoms with Gasteiger partial charge in [-0.2, -0.15) is 0 Å². The van der Waals surface area contributed by atoms with E-state index >= 15 is 0 Å². The quantitative estimate of drug-likeness (QED) is 0.542. The zero-order chi connectivity index (χ0) is 24.2. The van der Waals surface area contributed by atoms with E-state index in [0.717, 1.165) is 42.3 Å². The van der Waals surface area contributed by atoms with Gasteiger partial charge in [-0.1, -0.05) is 0 Å². The summed E-state index contributed by atoms with van der Waals surface area (Å²) in [5.74, 6) is 2.85. The number of hydrogen-bond acceptors (Lipinski definition) is 8. The maximum atomic E-state index is 13.5. The van der Waals surface area contributed by atoms with Crippen molar-refractivity contribution in [3.63, 3.8) is 0 Å². The molecule has 0 aromatic carbocycles. The average molecular weight is 465 g/mol. The van der Waals surface area contributed by atoms with Gasteiger partial charge in [-0.05, 0) is 46.2 Å². The Bertz CT molecular complexity index is 1230. The lowest BCUT2D eigenvalue weighted by atomic mass is 10.1. The fourth-order valence-corrected chi connectivity index (χ4v) is 4.33. The molecule has 0 amide bonds. The Morgan fingerprint density at radius 1 is 1.15 bits per heavy atom. The number of pyridine rings is 2. The maximum Gasteiger partial charge on any atom is 0.277 e. The molecule has 180 valence electrons. The smallest absolute Gasteiger partial charge is 0.277 e. The number of hydrogen-bond donors (Lipinski definition) is 1. The predicted molar refractivity (Wildman–Crippen MR) is 133 cm³/mol. The second-order valence-electron chi connectivity index (χ2n) is 8.29. The van der Waals surface area contributed by atoms with Crippen LogP contribution in [0.2, 0.25) is 0 Å². The van der Waals surface area contributed by atoms with E-state index in [1.807, 2.05) is 45.9 Å². The van der Waals surface area contributed by atoms with Crippen molar-refractivity contribution in [2.75, 3.05) is 37.0 Å². The topological polar surface area (TPSA) is 94.4 Å². The fourth-order valence-electron chi connectivity index (χ4n) is 4.33. The Balaban J connectivity index is 1.58. The van der Waals surface area contributed by atoms with Crippen LogP contribution in [0.3, 0.4) is 0 Å². The second-order valence-corrected chi connectivity index (χ2v) is 8.29. The van der Waals surface area contributed by atoms with Crippen LogP contribution in [0, 0.1) is 13.8 Å². The van der Waals surface area contributed by atoms with Crippen LogP contribution in [0.5, 0.6) is 11.6 Å². The molecule has 0 radical (unpaired) electrons. The molecule has 1 unspecified atom stereocenters. The first kappa shape index (κ1) is 23.5. The van der Waals surface area contributed by atoms with Gasteiger partial charge in [-0.25, -0.2) is 15.0 Å². The number of nitrogens with one attached hydrogen (secondary N) is 1. The molecule has 9 heteroatoms. The van der Waals surface area contributed by atoms with Crippen molar-refractivity contribution < 1.29 is 9.47 Å². The van der Waals surface area contributed by atoms with Crippen molar-refractivity contribution >= 4 is 11.5 Å². The summed E-state index contributed by atoms with van der Waals surface area (Å²) in [7, 11) is 1.59. The zero-order valence-corrected chi connectivity index (χ0v) is 20.5. The van der Waals surface area contributed by atoms with E-state index in [-0.39, 0.29) is 11.6 Å². The molecule has 1 aliphatic heterocycles. The first-order valence-electron chi connectivity index (χ1n) is 11.7. The molecule has 1 aliphatic rings. The molecule has 34 heavy (non-hydrogen) atoms. The molecule has 0 saturated carbocycles. The summed E-state index contributed by atoms with van der Waals surface area (Å²) in [4.78, 5) is 29.5. The Kier molecular flexibility index (Phi) is 7.00. The number of anilines is 2. The van der Waals surface area contributed by atoms with E-state index in [0.29, 0.717) is 36.2 Å². The van der Waals surface area contributed by atoms with Gasteiger partial charge in [0.1, 0.15) is 23.1 Å². The van der Waals surface area contributed by atoms with Crippen LogP contribution in [0.1, 0.15) is 31.7 Å². The number of aryl methyl sites for hydroxylation is 2. The average Bonchev–Trinajstić information content (AvgIpc) is 3.30. The van der Waals surface area contributed by atoms with Gasteiger partial charge in [0.2, 0.25) is 5.88 Å². The Morgan fingerprint density at radius 3 is 2.68 bits per heavy atom. The van der Waals surface area contributed by atoms with Crippen LogP contribution in [0.15, 0.2) is 35.3 Å². The van der Waals surface area contributed by atoms with Crippen LogP contribution in [-0.4, -0.2) is 52.4 Å². The van der Waals surface area contributed by atoms with Crippen molar-refractivity contribution in [3.05, 3.63) is 52.2 Å². The SMILES string of the molecule is CCOc1ccnc(N2CCC(Nc3c(C)nc(-c4ccc(OC)nc4C)n(CC)c3=O)C2)c1. The van der Waals surface area contributed by atoms with Crippen molar-refractivity contribution in [2.45, 2.75) is 46.7 Å². The van der Waals surface area contributed by atoms with Gasteiger partial charge >= 0.3 is 0 Å². The van der Waals surface area contributed by atoms with E-state index < -0.39 is 0 Å². The lowest BCUT2D eigenvalue weighted by Gasteiger charge is -2.21. The molecule has 3 aromatic heterocycles. The molecule has 1 fully saturated rings. The van der Waals surface area contributed by atoms with Crippen LogP contribution >= 0.6 is 0 Å². The minimum absolute atomic E-state index is 0.0739. The molecule has 9 nitrogen and oxygen atoms in total. The molecular formula is C25H32N6O3. The first-order valence-corrected chi connectivity index (χ1v) is 11.7. The molecule has 3 aromatic rings. The van der Waals surface area contributed by atoms with Crippen LogP contribution < -0.4 is 25.2 Å². The third-order valence-corrected chi connectivity index (χ3v) is 6.07. The van der Waals surface area contributed by atoms with Crippen molar-refractivity contribution in [3.8, 4) is 23.0 Å². The van der Waals surface area contributed by atoms with Gasteiger partial charge in [-0.3, -0.25) is 9.36 Å². The van der Waals surface area contributed by atoms with Gasteiger partial charge in [0.05, 0.1) is 25.1 Å². The van der Waals surface area contributed by atoms with Crippen LogP contribution in [-0.2, 0) is 6.54 Å². The second kappa shape index (κ2) is 10.1. The summed E-state index contributed by atoms with van der Waals surface area (Å²) in [5.41, 5.74) is 2.74. The summed E-state index contributed by atoms with van der Waals surface area (Å²) in [6, 6.07) is 7.63. The predicted octanol–water partition coefficient (Wildman–Crippen LogP) is 3.44. The number of ether oxygens (including phenoxy) is 2. The largest absolute Gasteiger partial charge is 0.494 e. The summed E-state index contributed by atoms with van der Waals surface area (Å²) in [6.45, 7) is 10.4. The molecule has 4 rings (SSSR count). The molecule has 1 saturated heterocycles. The Labute approximate surface area is 199 Å². The highest BCUT2D eigenvalue weighted by molar-refractivity contribution is 5.62. The summed E-state index contributed by atoms with van der Waals surface area (Å²) in [6.07, 6.45) is 2.67. The van der Waals surface area contributed by atoms with Crippen LogP contribution in [0.25, 0.3) is 11.4 Å². The van der Waals surface area contributed by atoms with Gasteiger partial charge < -0.3 is 19.7 Å². The third kappa shape index (κ3) is 4.69. The standard InChI is InChI=1S/C25H32N6O3/c1-6-31-24(20-8-9-22(33-5)27-16(20)3)28-17(4)23(25(31)32)29-18-11-13-30(15-18)21-14-19(34-7-2)10-12-26-21/h8-10,12,14,18,29H,6-7,11,13,15H2,1-5H3. The van der Waals surface area contributed by atoms with E-state index in [2.05, 4.69) is 20.2 Å². The number of aromatic nitrogens is 4. The monoisotopic (exact) mass is 464 g/mol. The van der Waals surface area contributed by atoms with E-state index in [1.54, 1.807) is 23.9 Å². The first-order chi connectivity index (χ1) is 16.4. The van der Waals surface area contributed by atoms with Gasteiger partial charge in [-0.15, -0.1) is 0 Å². The molecule has 4 heterocycles. The molecule has 0 aliphatic carbocycles. The van der Waals surface area contributed by atoms with Crippen molar-refractivity contribution in [2.24, 2.45) is 0 Å². The third-order valence-electron chi connectivity index (χ3n) is 6.07. The molecular weight excluding hydrogens is 432 g/mol. The molecule has 0 spiro atoms. The summed E-state index contributed by atoms with van der Waals surface area (Å²) in [5, 5.41) is 3.47. The highest BCUT2D eigenvalue weighted by Crippen LogP contribution is 2.26. The fraction of sp³-hybridized carbons (Fsp3) is 0.440. The number of nitrogens with zero attached hydrogens (tertiary/aromatic N) is 5. The molecule has 1 N–H and O–H groups in total. The number of rotatable bonds is 8. The normalized spacial score (nSPS) is 15.4. The minimum Gasteiger partial charge on any atom is -0.494 e. The van der Waals surface area contributed by atoms with Crippen molar-refractivity contribution in [1.82, 2.24) is 19.5 Å². The lowest BCUT2D eigenvalue weighted by molar-refractivity contribution is 0.340. The molecule has 1 atom stereocenters. The van der Waals surface area contributed by atoms with Crippen LogP contribution in [0.4, 0.5) is 11.5 Å². The lowest BCUT2D eigenvalue weighted by Crippen LogP contribution is -2.33. The highest BCUT2D eigenvalue weighted by Gasteiger charge is 2.26. The summed E-state index contributed by atoms with van der Waals surface area (Å²) < 4.78 is 12.5. The van der Waals surface area contributed by atoms with E-state index in [9.17, 15) is 4.79 Å². The minimum atomic E-state index is -0.0739.